The predicted molar refractivity (Wildman–Crippen MR) is 72.7 cm³/mol. The molecule has 2 heterocycles. The molecule has 19 heavy (non-hydrogen) atoms. The van der Waals surface area contributed by atoms with Crippen LogP contribution in [0.1, 0.15) is 6.92 Å². The number of rotatable bonds is 3. The van der Waals surface area contributed by atoms with Crippen molar-refractivity contribution in [2.45, 2.75) is 13.5 Å². The van der Waals surface area contributed by atoms with Gasteiger partial charge in [-0.25, -0.2) is 4.98 Å². The highest BCUT2D eigenvalue weighted by Gasteiger charge is 2.11. The minimum Gasteiger partial charge on any atom is -0.347 e. The lowest BCUT2D eigenvalue weighted by molar-refractivity contribution is -0.129. The average Bonchev–Trinajstić information content (AvgIpc) is 2.73. The highest BCUT2D eigenvalue weighted by Crippen LogP contribution is 2.22. The van der Waals surface area contributed by atoms with E-state index in [1.54, 1.807) is 25.2 Å². The van der Waals surface area contributed by atoms with Crippen LogP contribution in [0.4, 0.5) is 5.82 Å². The van der Waals surface area contributed by atoms with Crippen LogP contribution in [-0.4, -0.2) is 40.4 Å². The summed E-state index contributed by atoms with van der Waals surface area (Å²) >= 11 is 0. The fourth-order valence-corrected chi connectivity index (χ4v) is 1.81. The van der Waals surface area contributed by atoms with Gasteiger partial charge in [0.25, 0.3) is 0 Å². The molecule has 0 aliphatic carbocycles. The monoisotopic (exact) mass is 260 g/mol. The van der Waals surface area contributed by atoms with Crippen molar-refractivity contribution in [3.63, 3.8) is 0 Å². The summed E-state index contributed by atoms with van der Waals surface area (Å²) in [6, 6.07) is 3.67. The van der Waals surface area contributed by atoms with E-state index in [-0.39, 0.29) is 18.4 Å². The molecule has 0 atom stereocenters. The van der Waals surface area contributed by atoms with Gasteiger partial charge in [-0.2, -0.15) is 0 Å². The third-order valence-corrected chi connectivity index (χ3v) is 2.80. The predicted octanol–water partition coefficient (Wildman–Crippen LogP) is 1.08. The van der Waals surface area contributed by atoms with Crippen LogP contribution >= 0.6 is 0 Å². The molecule has 0 bridgehead atoms. The van der Waals surface area contributed by atoms with Gasteiger partial charge in [-0.3, -0.25) is 9.59 Å². The van der Waals surface area contributed by atoms with E-state index in [9.17, 15) is 9.59 Å². The molecule has 0 unspecified atom stereocenters. The molecule has 2 rings (SSSR count). The summed E-state index contributed by atoms with van der Waals surface area (Å²) in [4.78, 5) is 28.5. The van der Waals surface area contributed by atoms with Crippen molar-refractivity contribution in [1.29, 1.82) is 0 Å². The van der Waals surface area contributed by atoms with Gasteiger partial charge >= 0.3 is 0 Å². The van der Waals surface area contributed by atoms with Crippen molar-refractivity contribution in [2.24, 2.45) is 0 Å². The number of pyridine rings is 1. The Hall–Kier alpha value is -2.37. The zero-order chi connectivity index (χ0) is 14.0. The maximum absolute atomic E-state index is 11.7. The standard InChI is InChI=1S/C13H16N4O2/c1-9(18)15-13-10-5-7-17(8-12(19)16(2)3)11(10)4-6-14-13/h4-7H,8H2,1-3H3,(H,14,15,18). The summed E-state index contributed by atoms with van der Waals surface area (Å²) in [6.07, 6.45) is 3.43. The molecule has 100 valence electrons. The van der Waals surface area contributed by atoms with Crippen LogP contribution in [0.15, 0.2) is 24.5 Å². The molecule has 0 fully saturated rings. The van der Waals surface area contributed by atoms with Crippen molar-refractivity contribution >= 4 is 28.5 Å². The van der Waals surface area contributed by atoms with Gasteiger partial charge in [-0.15, -0.1) is 0 Å². The van der Waals surface area contributed by atoms with Crippen LogP contribution in [0.2, 0.25) is 0 Å². The van der Waals surface area contributed by atoms with Gasteiger partial charge in [0, 0.05) is 38.8 Å². The van der Waals surface area contributed by atoms with Gasteiger partial charge < -0.3 is 14.8 Å². The first-order valence-electron chi connectivity index (χ1n) is 5.90. The SMILES string of the molecule is CC(=O)Nc1nccc2c1ccn2CC(=O)N(C)C. The minimum absolute atomic E-state index is 0.00962. The van der Waals surface area contributed by atoms with Gasteiger partial charge in [0.05, 0.1) is 5.52 Å². The van der Waals surface area contributed by atoms with Crippen LogP contribution in [0.5, 0.6) is 0 Å². The quantitative estimate of drug-likeness (QED) is 0.898. The van der Waals surface area contributed by atoms with E-state index in [0.29, 0.717) is 5.82 Å². The van der Waals surface area contributed by atoms with Crippen LogP contribution in [-0.2, 0) is 16.1 Å². The molecule has 6 nitrogen and oxygen atoms in total. The lowest BCUT2D eigenvalue weighted by Crippen LogP contribution is -2.25. The molecule has 0 aliphatic heterocycles. The second kappa shape index (κ2) is 5.09. The number of nitrogens with one attached hydrogen (secondary N) is 1. The molecule has 6 heteroatoms. The Labute approximate surface area is 111 Å². The normalized spacial score (nSPS) is 10.5. The Bertz CT molecular complexity index is 631. The maximum atomic E-state index is 11.7. The summed E-state index contributed by atoms with van der Waals surface area (Å²) in [5, 5.41) is 3.50. The number of amides is 2. The maximum Gasteiger partial charge on any atom is 0.241 e. The molecule has 2 aromatic heterocycles. The number of anilines is 1. The zero-order valence-corrected chi connectivity index (χ0v) is 11.2. The average molecular weight is 260 g/mol. The van der Waals surface area contributed by atoms with E-state index in [0.717, 1.165) is 10.9 Å². The topological polar surface area (TPSA) is 67.2 Å². The van der Waals surface area contributed by atoms with Gasteiger partial charge in [0.2, 0.25) is 11.8 Å². The zero-order valence-electron chi connectivity index (χ0n) is 11.2. The number of carbonyl (C=O) groups is 2. The molecule has 0 aromatic carbocycles. The van der Waals surface area contributed by atoms with E-state index >= 15 is 0 Å². The number of hydrogen-bond donors (Lipinski definition) is 1. The van der Waals surface area contributed by atoms with E-state index in [1.165, 1.54) is 6.92 Å². The fourth-order valence-electron chi connectivity index (χ4n) is 1.81. The number of likely N-dealkylation sites (N-methyl/N-ethyl adjacent to an activating group) is 1. The molecular formula is C13H16N4O2. The third-order valence-electron chi connectivity index (χ3n) is 2.80. The number of hydrogen-bond acceptors (Lipinski definition) is 3. The van der Waals surface area contributed by atoms with Gasteiger partial charge in [-0.05, 0) is 12.1 Å². The first-order chi connectivity index (χ1) is 8.99. The molecule has 0 radical (unpaired) electrons. The Morgan fingerprint density at radius 1 is 1.37 bits per heavy atom. The van der Waals surface area contributed by atoms with Gasteiger partial charge in [0.1, 0.15) is 12.4 Å². The van der Waals surface area contributed by atoms with Crippen LogP contribution < -0.4 is 5.32 Å². The summed E-state index contributed by atoms with van der Waals surface area (Å²) in [5.41, 5.74) is 0.869. The van der Waals surface area contributed by atoms with Crippen LogP contribution in [0, 0.1) is 0 Å². The highest BCUT2D eigenvalue weighted by molar-refractivity contribution is 5.99. The second-order valence-electron chi connectivity index (χ2n) is 4.51. The number of nitrogens with zero attached hydrogens (tertiary/aromatic N) is 3. The Kier molecular flexibility index (Phi) is 3.50. The Morgan fingerprint density at radius 3 is 2.74 bits per heavy atom. The lowest BCUT2D eigenvalue weighted by atomic mass is 10.3. The molecule has 1 N–H and O–H groups in total. The summed E-state index contributed by atoms with van der Waals surface area (Å²) in [5.74, 6) is 0.355. The first kappa shape index (κ1) is 13.1. The third kappa shape index (κ3) is 2.73. The molecule has 2 aromatic rings. The van der Waals surface area contributed by atoms with Crippen molar-refractivity contribution in [1.82, 2.24) is 14.5 Å². The summed E-state index contributed by atoms with van der Waals surface area (Å²) in [7, 11) is 3.44. The Morgan fingerprint density at radius 2 is 2.11 bits per heavy atom. The molecule has 2 amide bonds. The van der Waals surface area contributed by atoms with Gasteiger partial charge in [-0.1, -0.05) is 0 Å². The van der Waals surface area contributed by atoms with E-state index in [2.05, 4.69) is 10.3 Å². The van der Waals surface area contributed by atoms with Crippen LogP contribution in [0.25, 0.3) is 10.9 Å². The molecule has 0 aliphatic rings. The largest absolute Gasteiger partial charge is 0.347 e. The molecule has 0 saturated carbocycles. The summed E-state index contributed by atoms with van der Waals surface area (Å²) < 4.78 is 1.84. The number of aromatic nitrogens is 2. The number of carbonyl (C=O) groups excluding carboxylic acids is 2. The molecular weight excluding hydrogens is 244 g/mol. The van der Waals surface area contributed by atoms with E-state index in [1.807, 2.05) is 22.9 Å². The van der Waals surface area contributed by atoms with Crippen molar-refractivity contribution < 1.29 is 9.59 Å². The second-order valence-corrected chi connectivity index (χ2v) is 4.51. The first-order valence-corrected chi connectivity index (χ1v) is 5.90. The van der Waals surface area contributed by atoms with Crippen LogP contribution in [0.3, 0.4) is 0 Å². The Balaban J connectivity index is 2.38. The van der Waals surface area contributed by atoms with Gasteiger partial charge in [0.15, 0.2) is 0 Å². The smallest absolute Gasteiger partial charge is 0.241 e. The van der Waals surface area contributed by atoms with E-state index in [4.69, 9.17) is 0 Å². The lowest BCUT2D eigenvalue weighted by Gasteiger charge is -2.11. The van der Waals surface area contributed by atoms with Crippen molar-refractivity contribution in [3.8, 4) is 0 Å². The number of fused-ring (bicyclic) bond motifs is 1. The highest BCUT2D eigenvalue weighted by atomic mass is 16.2. The van der Waals surface area contributed by atoms with Crippen molar-refractivity contribution in [3.05, 3.63) is 24.5 Å². The summed E-state index contributed by atoms with van der Waals surface area (Å²) in [6.45, 7) is 1.70. The minimum atomic E-state index is -0.169. The molecule has 0 spiro atoms. The molecule has 0 saturated heterocycles. The van der Waals surface area contributed by atoms with Crippen molar-refractivity contribution in [2.75, 3.05) is 19.4 Å². The van der Waals surface area contributed by atoms with E-state index < -0.39 is 0 Å². The fraction of sp³-hybridized carbons (Fsp3) is 0.308.